The number of para-hydroxylation sites is 1. The molecule has 3 heteroatoms. The first-order chi connectivity index (χ1) is 8.84. The first-order valence-corrected chi connectivity index (χ1v) is 6.56. The van der Waals surface area contributed by atoms with E-state index >= 15 is 0 Å². The summed E-state index contributed by atoms with van der Waals surface area (Å²) < 4.78 is 5.63. The van der Waals surface area contributed by atoms with Gasteiger partial charge in [-0.25, -0.2) is 0 Å². The number of carbonyl (C=O) groups excluding carboxylic acids is 1. The van der Waals surface area contributed by atoms with Crippen molar-refractivity contribution in [1.29, 1.82) is 0 Å². The second kappa shape index (κ2) is 4.84. The average molecular weight is 243 g/mol. The highest BCUT2D eigenvalue weighted by Gasteiger charge is 2.23. The number of nitrogens with zero attached hydrogens (tertiary/aromatic N) is 1. The summed E-state index contributed by atoms with van der Waals surface area (Å²) in [5, 5.41) is 0. The molecule has 1 aromatic carbocycles. The number of ketones is 1. The predicted molar refractivity (Wildman–Crippen MR) is 69.8 cm³/mol. The maximum Gasteiger partial charge on any atom is 0.197 e. The Kier molecular flexibility index (Phi) is 3.05. The van der Waals surface area contributed by atoms with Crippen molar-refractivity contribution in [2.24, 2.45) is 0 Å². The fourth-order valence-corrected chi connectivity index (χ4v) is 2.54. The van der Waals surface area contributed by atoms with Crippen LogP contribution in [-0.4, -0.2) is 30.4 Å². The van der Waals surface area contributed by atoms with Gasteiger partial charge in [0.25, 0.3) is 0 Å². The second-order valence-corrected chi connectivity index (χ2v) is 4.86. The summed E-state index contributed by atoms with van der Waals surface area (Å²) in [6.07, 6.45) is 5.73. The predicted octanol–water partition coefficient (Wildman–Crippen LogP) is 2.63. The Balaban J connectivity index is 1.83. The summed E-state index contributed by atoms with van der Waals surface area (Å²) in [6.45, 7) is 2.50. The maximum absolute atomic E-state index is 12.3. The van der Waals surface area contributed by atoms with E-state index in [1.54, 1.807) is 0 Å². The third-order valence-corrected chi connectivity index (χ3v) is 3.54. The molecule has 0 aliphatic carbocycles. The van der Waals surface area contributed by atoms with E-state index in [1.165, 1.54) is 19.3 Å². The highest BCUT2D eigenvalue weighted by Crippen LogP contribution is 2.27. The first-order valence-electron chi connectivity index (χ1n) is 6.56. The van der Waals surface area contributed by atoms with Gasteiger partial charge in [-0.15, -0.1) is 0 Å². The third kappa shape index (κ3) is 2.13. The fraction of sp³-hybridized carbons (Fsp3) is 0.400. The Morgan fingerprint density at radius 3 is 2.72 bits per heavy atom. The molecule has 3 nitrogen and oxygen atoms in total. The number of hydrogen-bond acceptors (Lipinski definition) is 3. The first kappa shape index (κ1) is 11.3. The van der Waals surface area contributed by atoms with Crippen molar-refractivity contribution in [3.05, 3.63) is 41.6 Å². The quantitative estimate of drug-likeness (QED) is 0.710. The summed E-state index contributed by atoms with van der Waals surface area (Å²) in [5.41, 5.74) is 1.46. The zero-order chi connectivity index (χ0) is 12.4. The number of Topliss-reactive ketones (excluding diaryl/α,β-unsaturated/α-hetero) is 1. The van der Waals surface area contributed by atoms with Crippen LogP contribution in [-0.2, 0) is 0 Å². The van der Waals surface area contributed by atoms with Gasteiger partial charge in [0.15, 0.2) is 5.78 Å². The average Bonchev–Trinajstić information content (AvgIpc) is 2.43. The lowest BCUT2D eigenvalue weighted by atomic mass is 10.0. The maximum atomic E-state index is 12.3. The topological polar surface area (TPSA) is 29.5 Å². The van der Waals surface area contributed by atoms with Crippen LogP contribution >= 0.6 is 0 Å². The van der Waals surface area contributed by atoms with E-state index in [2.05, 4.69) is 4.90 Å². The van der Waals surface area contributed by atoms with Crippen molar-refractivity contribution in [3.63, 3.8) is 0 Å². The number of piperidine rings is 1. The van der Waals surface area contributed by atoms with Crippen molar-refractivity contribution >= 4 is 5.78 Å². The Morgan fingerprint density at radius 1 is 1.11 bits per heavy atom. The van der Waals surface area contributed by atoms with Gasteiger partial charge in [-0.05, 0) is 31.4 Å². The van der Waals surface area contributed by atoms with Crippen LogP contribution in [0.2, 0.25) is 0 Å². The van der Waals surface area contributed by atoms with Gasteiger partial charge in [-0.3, -0.25) is 4.79 Å². The summed E-state index contributed by atoms with van der Waals surface area (Å²) >= 11 is 0. The molecule has 0 spiro atoms. The van der Waals surface area contributed by atoms with Crippen molar-refractivity contribution < 1.29 is 9.53 Å². The van der Waals surface area contributed by atoms with E-state index < -0.39 is 0 Å². The standard InChI is InChI=1S/C15H17NO2/c17-15-12(10-16-8-4-1-5-9-16)11-18-14-7-3-2-6-13(14)15/h2-3,6-7,10H,1,4-5,8-9,11H2/b12-10+. The number of ether oxygens (including phenoxy) is 1. The molecule has 2 aliphatic rings. The molecule has 0 amide bonds. The largest absolute Gasteiger partial charge is 0.488 e. The Morgan fingerprint density at radius 2 is 1.89 bits per heavy atom. The lowest BCUT2D eigenvalue weighted by Gasteiger charge is -2.27. The van der Waals surface area contributed by atoms with Crippen molar-refractivity contribution in [2.45, 2.75) is 19.3 Å². The fourth-order valence-electron chi connectivity index (χ4n) is 2.54. The molecule has 2 aliphatic heterocycles. The van der Waals surface area contributed by atoms with Gasteiger partial charge in [0.2, 0.25) is 0 Å². The molecule has 1 fully saturated rings. The molecule has 0 N–H and O–H groups in total. The Bertz CT molecular complexity index is 487. The molecule has 0 atom stereocenters. The minimum atomic E-state index is 0.113. The number of fused-ring (bicyclic) bond motifs is 1. The van der Waals surface area contributed by atoms with Crippen LogP contribution < -0.4 is 4.74 Å². The summed E-state index contributed by atoms with van der Waals surface area (Å²) in [5.74, 6) is 0.820. The zero-order valence-corrected chi connectivity index (χ0v) is 10.4. The number of carbonyl (C=O) groups is 1. The monoisotopic (exact) mass is 243 g/mol. The van der Waals surface area contributed by atoms with Gasteiger partial charge in [-0.2, -0.15) is 0 Å². The SMILES string of the molecule is O=C1/C(=C/N2CCCCC2)COc2ccccc21. The van der Waals surface area contributed by atoms with Crippen LogP contribution in [0.4, 0.5) is 0 Å². The van der Waals surface area contributed by atoms with Crippen LogP contribution in [0, 0.1) is 0 Å². The van der Waals surface area contributed by atoms with Crippen LogP contribution in [0.15, 0.2) is 36.0 Å². The molecule has 94 valence electrons. The summed E-state index contributed by atoms with van der Waals surface area (Å²) in [7, 11) is 0. The molecule has 3 rings (SSSR count). The molecule has 18 heavy (non-hydrogen) atoms. The van der Waals surface area contributed by atoms with E-state index in [9.17, 15) is 4.79 Å². The number of rotatable bonds is 1. The van der Waals surface area contributed by atoms with E-state index in [1.807, 2.05) is 30.5 Å². The van der Waals surface area contributed by atoms with Gasteiger partial charge >= 0.3 is 0 Å². The van der Waals surface area contributed by atoms with Gasteiger partial charge < -0.3 is 9.64 Å². The molecule has 0 aromatic heterocycles. The molecular weight excluding hydrogens is 226 g/mol. The van der Waals surface area contributed by atoms with Crippen LogP contribution in [0.5, 0.6) is 5.75 Å². The Hall–Kier alpha value is -1.77. The van der Waals surface area contributed by atoms with Crippen LogP contribution in [0.25, 0.3) is 0 Å². The van der Waals surface area contributed by atoms with Crippen molar-refractivity contribution in [2.75, 3.05) is 19.7 Å². The molecular formula is C15H17NO2. The normalized spacial score (nSPS) is 21.7. The molecule has 1 saturated heterocycles. The van der Waals surface area contributed by atoms with Gasteiger partial charge in [0, 0.05) is 19.3 Å². The number of hydrogen-bond donors (Lipinski definition) is 0. The lowest BCUT2D eigenvalue weighted by molar-refractivity contribution is 0.0995. The molecule has 2 heterocycles. The zero-order valence-electron chi connectivity index (χ0n) is 10.4. The summed E-state index contributed by atoms with van der Waals surface area (Å²) in [4.78, 5) is 14.6. The van der Waals surface area contributed by atoms with Gasteiger partial charge in [0.1, 0.15) is 12.4 Å². The lowest BCUT2D eigenvalue weighted by Crippen LogP contribution is -2.28. The highest BCUT2D eigenvalue weighted by atomic mass is 16.5. The van der Waals surface area contributed by atoms with E-state index in [0.29, 0.717) is 17.9 Å². The minimum absolute atomic E-state index is 0.113. The van der Waals surface area contributed by atoms with Crippen LogP contribution in [0.1, 0.15) is 29.6 Å². The van der Waals surface area contributed by atoms with E-state index in [-0.39, 0.29) is 5.78 Å². The van der Waals surface area contributed by atoms with Gasteiger partial charge in [0.05, 0.1) is 11.1 Å². The molecule has 1 aromatic rings. The van der Waals surface area contributed by atoms with Gasteiger partial charge in [-0.1, -0.05) is 12.1 Å². The molecule has 0 bridgehead atoms. The molecule has 0 unspecified atom stereocenters. The van der Waals surface area contributed by atoms with E-state index in [0.717, 1.165) is 18.7 Å². The minimum Gasteiger partial charge on any atom is -0.488 e. The number of likely N-dealkylation sites (tertiary alicyclic amines) is 1. The van der Waals surface area contributed by atoms with E-state index in [4.69, 9.17) is 4.74 Å². The van der Waals surface area contributed by atoms with Crippen LogP contribution in [0.3, 0.4) is 0 Å². The van der Waals surface area contributed by atoms with Crippen molar-refractivity contribution in [3.8, 4) is 5.75 Å². The van der Waals surface area contributed by atoms with Crippen molar-refractivity contribution in [1.82, 2.24) is 4.90 Å². The Labute approximate surface area is 107 Å². The smallest absolute Gasteiger partial charge is 0.197 e. The second-order valence-electron chi connectivity index (χ2n) is 4.86. The highest BCUT2D eigenvalue weighted by molar-refractivity contribution is 6.11. The molecule has 0 radical (unpaired) electrons. The third-order valence-electron chi connectivity index (χ3n) is 3.54. The molecule has 0 saturated carbocycles. The number of benzene rings is 1. The summed E-state index contributed by atoms with van der Waals surface area (Å²) in [6, 6.07) is 7.46.